The first-order valence-electron chi connectivity index (χ1n) is 5.03. The number of amides is 1. The fraction of sp³-hybridized carbons (Fsp3) is 0.333. The van der Waals surface area contributed by atoms with Crippen molar-refractivity contribution in [3.63, 3.8) is 0 Å². The maximum absolute atomic E-state index is 10.7. The van der Waals surface area contributed by atoms with E-state index in [1.807, 2.05) is 32.0 Å². The van der Waals surface area contributed by atoms with Crippen LogP contribution in [-0.2, 0) is 9.59 Å². The van der Waals surface area contributed by atoms with Gasteiger partial charge in [-0.3, -0.25) is 9.59 Å². The smallest absolute Gasteiger partial charge is 0.305 e. The number of hydrogen-bond acceptors (Lipinski definition) is 2. The summed E-state index contributed by atoms with van der Waals surface area (Å²) in [6.07, 6.45) is 0.426. The topological polar surface area (TPSA) is 66.4 Å². The van der Waals surface area contributed by atoms with Gasteiger partial charge in [-0.25, -0.2) is 0 Å². The molecule has 0 saturated carbocycles. The molecule has 1 aromatic rings. The highest BCUT2D eigenvalue weighted by molar-refractivity contribution is 5.68. The average Bonchev–Trinajstić information content (AvgIpc) is 2.16. The second-order valence-corrected chi connectivity index (χ2v) is 3.80. The van der Waals surface area contributed by atoms with Crippen molar-refractivity contribution in [2.75, 3.05) is 0 Å². The van der Waals surface area contributed by atoms with Gasteiger partial charge in [0.15, 0.2) is 0 Å². The molecule has 0 saturated heterocycles. The number of benzene rings is 1. The standard InChI is InChI=1S/C12H15NO3/c1-8-3-4-10(9(2)5-8)11(13-7-14)6-12(15)16/h3-5,7,11H,6H2,1-2H3,(H,13,14)(H,15,16)/t11-/m0/s1. The van der Waals surface area contributed by atoms with Gasteiger partial charge in [0.2, 0.25) is 6.41 Å². The van der Waals surface area contributed by atoms with Crippen LogP contribution in [-0.4, -0.2) is 17.5 Å². The summed E-state index contributed by atoms with van der Waals surface area (Å²) >= 11 is 0. The van der Waals surface area contributed by atoms with E-state index in [-0.39, 0.29) is 6.42 Å². The minimum Gasteiger partial charge on any atom is -0.481 e. The molecule has 0 aliphatic rings. The molecule has 1 atom stereocenters. The molecule has 0 aromatic heterocycles. The molecule has 2 N–H and O–H groups in total. The van der Waals surface area contributed by atoms with E-state index in [0.717, 1.165) is 16.7 Å². The van der Waals surface area contributed by atoms with Gasteiger partial charge in [-0.2, -0.15) is 0 Å². The minimum atomic E-state index is -0.931. The van der Waals surface area contributed by atoms with Crippen LogP contribution in [0.5, 0.6) is 0 Å². The first kappa shape index (κ1) is 12.2. The van der Waals surface area contributed by atoms with Gasteiger partial charge < -0.3 is 10.4 Å². The molecule has 0 unspecified atom stereocenters. The second kappa shape index (κ2) is 5.30. The molecule has 0 radical (unpaired) electrons. The molecular formula is C12H15NO3. The van der Waals surface area contributed by atoms with E-state index in [0.29, 0.717) is 6.41 Å². The third-order valence-electron chi connectivity index (χ3n) is 2.45. The predicted octanol–water partition coefficient (Wildman–Crippen LogP) is 1.57. The van der Waals surface area contributed by atoms with Gasteiger partial charge in [0.25, 0.3) is 0 Å². The van der Waals surface area contributed by atoms with E-state index >= 15 is 0 Å². The zero-order chi connectivity index (χ0) is 12.1. The Hall–Kier alpha value is -1.84. The predicted molar refractivity (Wildman–Crippen MR) is 60.1 cm³/mol. The highest BCUT2D eigenvalue weighted by Crippen LogP contribution is 2.21. The summed E-state index contributed by atoms with van der Waals surface area (Å²) in [6.45, 7) is 3.87. The molecule has 0 bridgehead atoms. The van der Waals surface area contributed by atoms with E-state index in [1.165, 1.54) is 0 Å². The maximum Gasteiger partial charge on any atom is 0.305 e. The Bertz CT molecular complexity index is 401. The van der Waals surface area contributed by atoms with Crippen LogP contribution in [0.4, 0.5) is 0 Å². The average molecular weight is 221 g/mol. The third-order valence-corrected chi connectivity index (χ3v) is 2.45. The number of carbonyl (C=O) groups is 2. The molecule has 86 valence electrons. The van der Waals surface area contributed by atoms with Gasteiger partial charge >= 0.3 is 5.97 Å². The van der Waals surface area contributed by atoms with E-state index in [9.17, 15) is 9.59 Å². The Kier molecular flexibility index (Phi) is 4.05. The highest BCUT2D eigenvalue weighted by atomic mass is 16.4. The Labute approximate surface area is 94.3 Å². The number of carboxylic acid groups (broad SMARTS) is 1. The molecule has 1 amide bonds. The van der Waals surface area contributed by atoms with Crippen molar-refractivity contribution in [3.8, 4) is 0 Å². The lowest BCUT2D eigenvalue weighted by atomic mass is 9.97. The van der Waals surface area contributed by atoms with Crippen LogP contribution in [0.1, 0.15) is 29.2 Å². The van der Waals surface area contributed by atoms with E-state index in [1.54, 1.807) is 0 Å². The number of carboxylic acids is 1. The Morgan fingerprint density at radius 2 is 2.19 bits per heavy atom. The Morgan fingerprint density at radius 3 is 2.69 bits per heavy atom. The van der Waals surface area contributed by atoms with Crippen LogP contribution in [0.15, 0.2) is 18.2 Å². The van der Waals surface area contributed by atoms with Gasteiger partial charge in [-0.15, -0.1) is 0 Å². The van der Waals surface area contributed by atoms with Crippen LogP contribution >= 0.6 is 0 Å². The lowest BCUT2D eigenvalue weighted by molar-refractivity contribution is -0.137. The number of aryl methyl sites for hydroxylation is 2. The Balaban J connectivity index is 3.00. The van der Waals surface area contributed by atoms with Gasteiger partial charge in [-0.1, -0.05) is 23.8 Å². The van der Waals surface area contributed by atoms with Crippen LogP contribution in [0.25, 0.3) is 0 Å². The highest BCUT2D eigenvalue weighted by Gasteiger charge is 2.16. The van der Waals surface area contributed by atoms with Crippen LogP contribution in [0.3, 0.4) is 0 Å². The molecule has 1 aromatic carbocycles. The summed E-state index contributed by atoms with van der Waals surface area (Å²) < 4.78 is 0. The molecule has 16 heavy (non-hydrogen) atoms. The molecule has 1 rings (SSSR count). The zero-order valence-corrected chi connectivity index (χ0v) is 9.36. The molecule has 0 aliphatic heterocycles. The zero-order valence-electron chi connectivity index (χ0n) is 9.36. The van der Waals surface area contributed by atoms with E-state index in [2.05, 4.69) is 5.32 Å². The molecule has 4 heteroatoms. The summed E-state index contributed by atoms with van der Waals surface area (Å²) in [6, 6.07) is 5.27. The summed E-state index contributed by atoms with van der Waals surface area (Å²) in [5.41, 5.74) is 2.95. The largest absolute Gasteiger partial charge is 0.481 e. The lowest BCUT2D eigenvalue weighted by Gasteiger charge is -2.17. The van der Waals surface area contributed by atoms with Crippen molar-refractivity contribution >= 4 is 12.4 Å². The number of nitrogens with one attached hydrogen (secondary N) is 1. The normalized spacial score (nSPS) is 11.9. The maximum atomic E-state index is 10.7. The van der Waals surface area contributed by atoms with Crippen molar-refractivity contribution in [2.24, 2.45) is 0 Å². The summed E-state index contributed by atoms with van der Waals surface area (Å²) in [7, 11) is 0. The molecular weight excluding hydrogens is 206 g/mol. The fourth-order valence-electron chi connectivity index (χ4n) is 1.73. The summed E-state index contributed by atoms with van der Waals surface area (Å²) in [5.74, 6) is -0.931. The van der Waals surface area contributed by atoms with Crippen molar-refractivity contribution in [1.29, 1.82) is 0 Å². The lowest BCUT2D eigenvalue weighted by Crippen LogP contribution is -2.23. The SMILES string of the molecule is Cc1ccc([C@H](CC(=O)O)NC=O)c(C)c1. The number of aliphatic carboxylic acids is 1. The molecule has 0 aliphatic carbocycles. The number of carbonyl (C=O) groups excluding carboxylic acids is 1. The third kappa shape index (κ3) is 3.08. The molecule has 0 fully saturated rings. The van der Waals surface area contributed by atoms with Crippen molar-refractivity contribution in [2.45, 2.75) is 26.3 Å². The van der Waals surface area contributed by atoms with Gasteiger partial charge in [0.05, 0.1) is 12.5 Å². The quantitative estimate of drug-likeness (QED) is 0.741. The first-order valence-corrected chi connectivity index (χ1v) is 5.03. The van der Waals surface area contributed by atoms with Crippen molar-refractivity contribution in [1.82, 2.24) is 5.32 Å². The Morgan fingerprint density at radius 1 is 1.50 bits per heavy atom. The molecule has 0 spiro atoms. The van der Waals surface area contributed by atoms with Crippen molar-refractivity contribution in [3.05, 3.63) is 34.9 Å². The number of hydrogen-bond donors (Lipinski definition) is 2. The van der Waals surface area contributed by atoms with Crippen LogP contribution < -0.4 is 5.32 Å². The second-order valence-electron chi connectivity index (χ2n) is 3.80. The fourth-order valence-corrected chi connectivity index (χ4v) is 1.73. The molecule has 4 nitrogen and oxygen atoms in total. The number of rotatable bonds is 5. The van der Waals surface area contributed by atoms with Gasteiger partial charge in [-0.05, 0) is 25.0 Å². The van der Waals surface area contributed by atoms with Crippen molar-refractivity contribution < 1.29 is 14.7 Å². The van der Waals surface area contributed by atoms with Crippen LogP contribution in [0, 0.1) is 13.8 Å². The first-order chi connectivity index (χ1) is 7.54. The van der Waals surface area contributed by atoms with E-state index < -0.39 is 12.0 Å². The summed E-state index contributed by atoms with van der Waals surface area (Å²) in [5, 5.41) is 11.3. The van der Waals surface area contributed by atoms with Gasteiger partial charge in [0.1, 0.15) is 0 Å². The monoisotopic (exact) mass is 221 g/mol. The van der Waals surface area contributed by atoms with E-state index in [4.69, 9.17) is 5.11 Å². The van der Waals surface area contributed by atoms with Gasteiger partial charge in [0, 0.05) is 0 Å². The van der Waals surface area contributed by atoms with Crippen LogP contribution in [0.2, 0.25) is 0 Å². The molecule has 0 heterocycles. The summed E-state index contributed by atoms with van der Waals surface area (Å²) in [4.78, 5) is 21.1. The minimum absolute atomic E-state index is 0.108.